The molecule has 0 amide bonds. The molecule has 0 radical (unpaired) electrons. The van der Waals surface area contributed by atoms with Crippen molar-refractivity contribution in [3.63, 3.8) is 0 Å². The molecule has 1 nitrogen and oxygen atoms in total. The van der Waals surface area contributed by atoms with Crippen LogP contribution in [0.1, 0.15) is 11.1 Å². The van der Waals surface area contributed by atoms with Crippen molar-refractivity contribution in [2.75, 3.05) is 0 Å². The van der Waals surface area contributed by atoms with E-state index in [0.29, 0.717) is 5.56 Å². The first kappa shape index (κ1) is 11.7. The van der Waals surface area contributed by atoms with Crippen molar-refractivity contribution in [1.29, 1.82) is 5.26 Å². The van der Waals surface area contributed by atoms with Crippen LogP contribution < -0.4 is 0 Å². The normalized spacial score (nSPS) is 9.94. The Balaban J connectivity index is 2.36. The van der Waals surface area contributed by atoms with Gasteiger partial charge in [0.15, 0.2) is 0 Å². The minimum atomic E-state index is -0.263. The highest BCUT2D eigenvalue weighted by Crippen LogP contribution is 2.31. The van der Waals surface area contributed by atoms with Gasteiger partial charge in [0.25, 0.3) is 0 Å². The van der Waals surface area contributed by atoms with Crippen LogP contribution in [-0.4, -0.2) is 0 Å². The number of aryl methyl sites for hydroxylation is 1. The lowest BCUT2D eigenvalue weighted by atomic mass is 10.2. The van der Waals surface area contributed by atoms with E-state index in [2.05, 4.69) is 6.07 Å². The molecular formula is C14H10FNS. The molecule has 0 aliphatic carbocycles. The molecule has 2 aromatic carbocycles. The summed E-state index contributed by atoms with van der Waals surface area (Å²) in [5.74, 6) is -0.263. The monoisotopic (exact) mass is 243 g/mol. The van der Waals surface area contributed by atoms with Gasteiger partial charge in [0, 0.05) is 9.79 Å². The Morgan fingerprint density at radius 3 is 2.71 bits per heavy atom. The highest BCUT2D eigenvalue weighted by molar-refractivity contribution is 7.99. The molecule has 17 heavy (non-hydrogen) atoms. The second kappa shape index (κ2) is 5.03. The molecular weight excluding hydrogens is 233 g/mol. The Hall–Kier alpha value is -1.79. The van der Waals surface area contributed by atoms with Crippen LogP contribution in [0, 0.1) is 24.1 Å². The first-order valence-electron chi connectivity index (χ1n) is 5.13. The van der Waals surface area contributed by atoms with E-state index in [1.807, 2.05) is 25.1 Å². The molecule has 0 aromatic heterocycles. The largest absolute Gasteiger partial charge is 0.207 e. The first-order chi connectivity index (χ1) is 8.19. The van der Waals surface area contributed by atoms with Gasteiger partial charge >= 0.3 is 0 Å². The second-order valence-corrected chi connectivity index (χ2v) is 4.79. The Bertz CT molecular complexity index is 587. The molecule has 0 fully saturated rings. The van der Waals surface area contributed by atoms with Gasteiger partial charge in [-0.1, -0.05) is 23.9 Å². The Kier molecular flexibility index (Phi) is 3.46. The van der Waals surface area contributed by atoms with Crippen molar-refractivity contribution in [2.45, 2.75) is 16.7 Å². The summed E-state index contributed by atoms with van der Waals surface area (Å²) in [5, 5.41) is 9.00. The predicted molar refractivity (Wildman–Crippen MR) is 66.4 cm³/mol. The number of nitrogens with zero attached hydrogens (tertiary/aromatic N) is 1. The molecule has 0 unspecified atom stereocenters. The molecule has 0 aliphatic heterocycles. The molecule has 0 bridgehead atoms. The zero-order chi connectivity index (χ0) is 12.3. The third kappa shape index (κ3) is 2.86. The molecule has 0 heterocycles. The summed E-state index contributed by atoms with van der Waals surface area (Å²) in [5.41, 5.74) is 1.70. The molecule has 0 atom stereocenters. The van der Waals surface area contributed by atoms with Gasteiger partial charge in [0.2, 0.25) is 0 Å². The number of hydrogen-bond acceptors (Lipinski definition) is 2. The van der Waals surface area contributed by atoms with Crippen LogP contribution in [0.3, 0.4) is 0 Å². The molecule has 3 heteroatoms. The molecule has 84 valence electrons. The number of benzene rings is 2. The topological polar surface area (TPSA) is 23.8 Å². The van der Waals surface area contributed by atoms with Gasteiger partial charge in [-0.3, -0.25) is 0 Å². The average Bonchev–Trinajstić information content (AvgIpc) is 2.29. The maximum atomic E-state index is 13.1. The van der Waals surface area contributed by atoms with Gasteiger partial charge in [-0.05, 0) is 42.8 Å². The van der Waals surface area contributed by atoms with Crippen molar-refractivity contribution in [2.24, 2.45) is 0 Å². The average molecular weight is 243 g/mol. The zero-order valence-electron chi connectivity index (χ0n) is 9.27. The molecule has 0 saturated carbocycles. The number of rotatable bonds is 2. The van der Waals surface area contributed by atoms with Gasteiger partial charge < -0.3 is 0 Å². The summed E-state index contributed by atoms with van der Waals surface area (Å²) in [4.78, 5) is 1.66. The predicted octanol–water partition coefficient (Wildman–Crippen LogP) is 4.16. The molecule has 0 saturated heterocycles. The van der Waals surface area contributed by atoms with Gasteiger partial charge in [0.1, 0.15) is 11.9 Å². The summed E-state index contributed by atoms with van der Waals surface area (Å²) >= 11 is 1.40. The maximum Gasteiger partial charge on any atom is 0.124 e. The molecule has 2 rings (SSSR count). The fraction of sp³-hybridized carbons (Fsp3) is 0.0714. The van der Waals surface area contributed by atoms with Crippen molar-refractivity contribution >= 4 is 11.8 Å². The van der Waals surface area contributed by atoms with E-state index in [9.17, 15) is 4.39 Å². The van der Waals surface area contributed by atoms with Crippen LogP contribution >= 0.6 is 11.8 Å². The van der Waals surface area contributed by atoms with Gasteiger partial charge in [-0.2, -0.15) is 5.26 Å². The summed E-state index contributed by atoms with van der Waals surface area (Å²) in [6.07, 6.45) is 0. The third-order valence-electron chi connectivity index (χ3n) is 2.28. The summed E-state index contributed by atoms with van der Waals surface area (Å²) in [7, 11) is 0. The van der Waals surface area contributed by atoms with Crippen molar-refractivity contribution in [1.82, 2.24) is 0 Å². The van der Waals surface area contributed by atoms with Crippen LogP contribution in [-0.2, 0) is 0 Å². The number of hydrogen-bond donors (Lipinski definition) is 0. The number of halogens is 1. The lowest BCUT2D eigenvalue weighted by molar-refractivity contribution is 0.624. The Morgan fingerprint density at radius 1 is 1.18 bits per heavy atom. The molecule has 0 N–H and O–H groups in total. The van der Waals surface area contributed by atoms with E-state index >= 15 is 0 Å². The Morgan fingerprint density at radius 2 is 2.00 bits per heavy atom. The van der Waals surface area contributed by atoms with Crippen molar-refractivity contribution in [3.05, 3.63) is 59.4 Å². The summed E-state index contributed by atoms with van der Waals surface area (Å²) in [6, 6.07) is 14.1. The van der Waals surface area contributed by atoms with Crippen LogP contribution in [0.15, 0.2) is 52.3 Å². The maximum absolute atomic E-state index is 13.1. The minimum Gasteiger partial charge on any atom is -0.207 e. The van der Waals surface area contributed by atoms with E-state index < -0.39 is 0 Å². The first-order valence-corrected chi connectivity index (χ1v) is 5.95. The van der Waals surface area contributed by atoms with E-state index in [0.717, 1.165) is 15.4 Å². The van der Waals surface area contributed by atoms with Crippen LogP contribution in [0.5, 0.6) is 0 Å². The quantitative estimate of drug-likeness (QED) is 0.790. The standard InChI is InChI=1S/C14H10FNS/c1-10-5-6-11(9-16)14(7-10)17-13-4-2-3-12(15)8-13/h2-8H,1H3. The van der Waals surface area contributed by atoms with Crippen LogP contribution in [0.25, 0.3) is 0 Å². The molecule has 0 spiro atoms. The van der Waals surface area contributed by atoms with Crippen molar-refractivity contribution in [3.8, 4) is 6.07 Å². The smallest absolute Gasteiger partial charge is 0.124 e. The SMILES string of the molecule is Cc1ccc(C#N)c(Sc2cccc(F)c2)c1. The third-order valence-corrected chi connectivity index (χ3v) is 3.33. The molecule has 0 aliphatic rings. The van der Waals surface area contributed by atoms with Crippen molar-refractivity contribution < 1.29 is 4.39 Å². The van der Waals surface area contributed by atoms with Gasteiger partial charge in [0.05, 0.1) is 5.56 Å². The van der Waals surface area contributed by atoms with Crippen LogP contribution in [0.2, 0.25) is 0 Å². The zero-order valence-corrected chi connectivity index (χ0v) is 10.1. The highest BCUT2D eigenvalue weighted by Gasteiger charge is 2.05. The van der Waals surface area contributed by atoms with E-state index in [1.165, 1.54) is 23.9 Å². The second-order valence-electron chi connectivity index (χ2n) is 3.67. The van der Waals surface area contributed by atoms with E-state index in [-0.39, 0.29) is 5.82 Å². The number of nitriles is 1. The summed E-state index contributed by atoms with van der Waals surface area (Å²) in [6.45, 7) is 1.97. The highest BCUT2D eigenvalue weighted by atomic mass is 32.2. The Labute approximate surface area is 104 Å². The van der Waals surface area contributed by atoms with Gasteiger partial charge in [-0.15, -0.1) is 0 Å². The van der Waals surface area contributed by atoms with Crippen LogP contribution in [0.4, 0.5) is 4.39 Å². The lowest BCUT2D eigenvalue weighted by Crippen LogP contribution is -1.83. The van der Waals surface area contributed by atoms with Gasteiger partial charge in [-0.25, -0.2) is 4.39 Å². The van der Waals surface area contributed by atoms with E-state index in [1.54, 1.807) is 12.1 Å². The fourth-order valence-electron chi connectivity index (χ4n) is 1.46. The molecule has 2 aromatic rings. The fourth-order valence-corrected chi connectivity index (χ4v) is 2.50. The van der Waals surface area contributed by atoms with E-state index in [4.69, 9.17) is 5.26 Å². The minimum absolute atomic E-state index is 0.263. The lowest BCUT2D eigenvalue weighted by Gasteiger charge is -2.05. The summed E-state index contributed by atoms with van der Waals surface area (Å²) < 4.78 is 13.1.